The molecule has 1 amide bonds. The lowest BCUT2D eigenvalue weighted by Gasteiger charge is -2.31. The van der Waals surface area contributed by atoms with Crippen LogP contribution in [-0.2, 0) is 4.79 Å². The van der Waals surface area contributed by atoms with E-state index in [0.717, 1.165) is 51.6 Å². The fourth-order valence-electron chi connectivity index (χ4n) is 3.26. The average Bonchev–Trinajstić information content (AvgIpc) is 2.49. The van der Waals surface area contributed by atoms with Crippen LogP contribution in [0.1, 0.15) is 44.9 Å². The fraction of sp³-hybridized carbons (Fsp3) is 0.933. The molecule has 1 aliphatic carbocycles. The molecule has 110 valence electrons. The average molecular weight is 267 g/mol. The number of nitrogens with one attached hydrogen (secondary N) is 1. The van der Waals surface area contributed by atoms with Gasteiger partial charge in [0.05, 0.1) is 0 Å². The molecule has 4 nitrogen and oxygen atoms in total. The molecule has 0 radical (unpaired) electrons. The number of hydrogen-bond acceptors (Lipinski definition) is 3. The fourth-order valence-corrected chi connectivity index (χ4v) is 3.26. The molecule has 0 aromatic rings. The van der Waals surface area contributed by atoms with Gasteiger partial charge in [-0.15, -0.1) is 0 Å². The molecule has 2 rings (SSSR count). The summed E-state index contributed by atoms with van der Waals surface area (Å²) < 4.78 is 0. The van der Waals surface area contributed by atoms with Gasteiger partial charge in [-0.05, 0) is 32.9 Å². The predicted molar refractivity (Wildman–Crippen MR) is 78.2 cm³/mol. The maximum Gasteiger partial charge on any atom is 0.222 e. The molecule has 0 bridgehead atoms. The molecule has 4 heteroatoms. The first-order chi connectivity index (χ1) is 9.27. The molecule has 0 aromatic heterocycles. The van der Waals surface area contributed by atoms with Crippen LogP contribution in [0.5, 0.6) is 0 Å². The second-order valence-corrected chi connectivity index (χ2v) is 6.01. The summed E-state index contributed by atoms with van der Waals surface area (Å²) in [6.07, 6.45) is 8.60. The van der Waals surface area contributed by atoms with Crippen LogP contribution in [0, 0.1) is 0 Å². The van der Waals surface area contributed by atoms with Gasteiger partial charge in [0.25, 0.3) is 0 Å². The lowest BCUT2D eigenvalue weighted by Crippen LogP contribution is -2.46. The Labute approximate surface area is 117 Å². The lowest BCUT2D eigenvalue weighted by atomic mass is 9.94. The number of amides is 1. The van der Waals surface area contributed by atoms with E-state index in [9.17, 15) is 4.79 Å². The smallest absolute Gasteiger partial charge is 0.222 e. The third kappa shape index (κ3) is 4.77. The number of hydrogen-bond donors (Lipinski definition) is 1. The molecule has 0 spiro atoms. The van der Waals surface area contributed by atoms with Crippen LogP contribution >= 0.6 is 0 Å². The van der Waals surface area contributed by atoms with Crippen LogP contribution < -0.4 is 5.32 Å². The molecule has 0 atom stereocenters. The molecule has 1 N–H and O–H groups in total. The first-order valence-corrected chi connectivity index (χ1v) is 7.96. The Morgan fingerprint density at radius 3 is 2.58 bits per heavy atom. The third-order valence-corrected chi connectivity index (χ3v) is 4.57. The van der Waals surface area contributed by atoms with Crippen molar-refractivity contribution in [2.75, 3.05) is 39.8 Å². The van der Waals surface area contributed by atoms with E-state index in [1.165, 1.54) is 32.1 Å². The van der Waals surface area contributed by atoms with E-state index < -0.39 is 0 Å². The van der Waals surface area contributed by atoms with E-state index >= 15 is 0 Å². The number of carbonyl (C=O) groups is 1. The molecule has 2 fully saturated rings. The van der Waals surface area contributed by atoms with Crippen LogP contribution in [0.3, 0.4) is 0 Å². The highest BCUT2D eigenvalue weighted by Gasteiger charge is 2.19. The minimum atomic E-state index is 0.346. The van der Waals surface area contributed by atoms with Gasteiger partial charge in [0.2, 0.25) is 5.91 Å². The van der Waals surface area contributed by atoms with E-state index in [-0.39, 0.29) is 0 Å². The predicted octanol–water partition coefficient (Wildman–Crippen LogP) is 1.46. The van der Waals surface area contributed by atoms with Gasteiger partial charge in [-0.2, -0.15) is 0 Å². The molecule has 1 saturated heterocycles. The maximum atomic E-state index is 12.0. The molecule has 2 aliphatic rings. The Bertz CT molecular complexity index is 271. The first kappa shape index (κ1) is 14.8. The summed E-state index contributed by atoms with van der Waals surface area (Å²) in [7, 11) is 2.23. The van der Waals surface area contributed by atoms with Crippen molar-refractivity contribution in [2.24, 2.45) is 0 Å². The van der Waals surface area contributed by atoms with E-state index in [1.807, 2.05) is 4.90 Å². The third-order valence-electron chi connectivity index (χ3n) is 4.57. The Hall–Kier alpha value is -0.610. The van der Waals surface area contributed by atoms with Crippen molar-refractivity contribution in [3.05, 3.63) is 0 Å². The van der Waals surface area contributed by atoms with Crippen molar-refractivity contribution in [2.45, 2.75) is 51.0 Å². The molecular formula is C15H29N3O. The lowest BCUT2D eigenvalue weighted by molar-refractivity contribution is -0.131. The Morgan fingerprint density at radius 2 is 1.89 bits per heavy atom. The largest absolute Gasteiger partial charge is 0.340 e. The summed E-state index contributed by atoms with van der Waals surface area (Å²) in [5.41, 5.74) is 0. The van der Waals surface area contributed by atoms with Crippen molar-refractivity contribution in [1.29, 1.82) is 0 Å². The van der Waals surface area contributed by atoms with E-state index in [2.05, 4.69) is 17.3 Å². The van der Waals surface area contributed by atoms with Crippen molar-refractivity contribution < 1.29 is 4.79 Å². The maximum absolute atomic E-state index is 12.0. The van der Waals surface area contributed by atoms with Crippen LogP contribution in [0.25, 0.3) is 0 Å². The highest BCUT2D eigenvalue weighted by Crippen LogP contribution is 2.21. The minimum absolute atomic E-state index is 0.346. The summed E-state index contributed by atoms with van der Waals surface area (Å²) in [5, 5.41) is 3.28. The van der Waals surface area contributed by atoms with E-state index in [1.54, 1.807) is 0 Å². The zero-order valence-corrected chi connectivity index (χ0v) is 12.4. The monoisotopic (exact) mass is 267 g/mol. The van der Waals surface area contributed by atoms with Gasteiger partial charge in [-0.1, -0.05) is 19.3 Å². The van der Waals surface area contributed by atoms with Crippen molar-refractivity contribution in [1.82, 2.24) is 15.1 Å². The topological polar surface area (TPSA) is 35.6 Å². The number of nitrogens with zero attached hydrogens (tertiary/aromatic N) is 2. The first-order valence-electron chi connectivity index (χ1n) is 7.96. The molecule has 1 aliphatic heterocycles. The van der Waals surface area contributed by atoms with Crippen molar-refractivity contribution in [3.63, 3.8) is 0 Å². The van der Waals surface area contributed by atoms with Gasteiger partial charge < -0.3 is 15.1 Å². The standard InChI is InChI=1S/C15H29N3O/c1-17(14-6-3-2-4-7-14)11-5-8-15(19)18-12-9-16-10-13-18/h14,16H,2-13H2,1H3. The van der Waals surface area contributed by atoms with Crippen molar-refractivity contribution >= 4 is 5.91 Å². The van der Waals surface area contributed by atoms with Crippen LogP contribution in [0.15, 0.2) is 0 Å². The van der Waals surface area contributed by atoms with Crippen LogP contribution in [-0.4, -0.2) is 61.5 Å². The summed E-state index contributed by atoms with van der Waals surface area (Å²) >= 11 is 0. The summed E-state index contributed by atoms with van der Waals surface area (Å²) in [6.45, 7) is 4.75. The van der Waals surface area contributed by atoms with E-state index in [4.69, 9.17) is 0 Å². The highest BCUT2D eigenvalue weighted by molar-refractivity contribution is 5.76. The molecular weight excluding hydrogens is 238 g/mol. The Balaban J connectivity index is 1.60. The zero-order valence-electron chi connectivity index (χ0n) is 12.4. The minimum Gasteiger partial charge on any atom is -0.340 e. The summed E-state index contributed by atoms with van der Waals surface area (Å²) in [6, 6.07) is 0.767. The molecule has 0 aromatic carbocycles. The van der Waals surface area contributed by atoms with Gasteiger partial charge in [0, 0.05) is 38.6 Å². The van der Waals surface area contributed by atoms with Gasteiger partial charge in [-0.25, -0.2) is 0 Å². The normalized spacial score (nSPS) is 21.9. The second-order valence-electron chi connectivity index (χ2n) is 6.01. The van der Waals surface area contributed by atoms with E-state index in [0.29, 0.717) is 5.91 Å². The van der Waals surface area contributed by atoms with Crippen LogP contribution in [0.4, 0.5) is 0 Å². The second kappa shape index (κ2) is 7.85. The Morgan fingerprint density at radius 1 is 1.21 bits per heavy atom. The number of piperazine rings is 1. The summed E-state index contributed by atoms with van der Waals surface area (Å²) in [4.78, 5) is 16.5. The van der Waals surface area contributed by atoms with Gasteiger partial charge in [0.15, 0.2) is 0 Å². The number of carbonyl (C=O) groups excluding carboxylic acids is 1. The number of rotatable bonds is 5. The van der Waals surface area contributed by atoms with Gasteiger partial charge in [0.1, 0.15) is 0 Å². The van der Waals surface area contributed by atoms with Gasteiger partial charge in [-0.3, -0.25) is 4.79 Å². The SMILES string of the molecule is CN(CCCC(=O)N1CCNCC1)C1CCCCC1. The van der Waals surface area contributed by atoms with Crippen molar-refractivity contribution in [3.8, 4) is 0 Å². The summed E-state index contributed by atoms with van der Waals surface area (Å²) in [5.74, 6) is 0.346. The quantitative estimate of drug-likeness (QED) is 0.819. The van der Waals surface area contributed by atoms with Crippen LogP contribution in [0.2, 0.25) is 0 Å². The molecule has 1 saturated carbocycles. The highest BCUT2D eigenvalue weighted by atomic mass is 16.2. The Kier molecular flexibility index (Phi) is 6.11. The zero-order chi connectivity index (χ0) is 13.5. The molecule has 0 unspecified atom stereocenters. The van der Waals surface area contributed by atoms with Gasteiger partial charge >= 0.3 is 0 Å². The molecule has 1 heterocycles. The molecule has 19 heavy (non-hydrogen) atoms.